The van der Waals surface area contributed by atoms with Gasteiger partial charge < -0.3 is 0 Å². The van der Waals surface area contributed by atoms with Crippen LogP contribution in [0, 0.1) is 0 Å². The predicted molar refractivity (Wildman–Crippen MR) is 57.1 cm³/mol. The van der Waals surface area contributed by atoms with E-state index in [0.717, 1.165) is 0 Å². The Hall–Kier alpha value is 0.490. The molecule has 0 spiro atoms. The third-order valence-corrected chi connectivity index (χ3v) is 4.47. The van der Waals surface area contributed by atoms with Crippen LogP contribution in [0.5, 0.6) is 0 Å². The van der Waals surface area contributed by atoms with E-state index in [2.05, 4.69) is 4.72 Å². The summed E-state index contributed by atoms with van der Waals surface area (Å²) in [5.41, 5.74) is -0.696. The highest BCUT2D eigenvalue weighted by Gasteiger charge is 2.30. The smallest absolute Gasteiger partial charge is 0.211 e. The molecule has 3 nitrogen and oxygen atoms in total. The fourth-order valence-corrected chi connectivity index (χ4v) is 2.80. The maximum Gasteiger partial charge on any atom is 0.211 e. The first-order chi connectivity index (χ1) is 5.95. The monoisotopic (exact) mass is 247 g/mol. The van der Waals surface area contributed by atoms with Gasteiger partial charge in [0.2, 0.25) is 10.0 Å². The summed E-state index contributed by atoms with van der Waals surface area (Å²) in [6.07, 6.45) is 0.583. The molecule has 1 N–H and O–H groups in total. The van der Waals surface area contributed by atoms with Crippen LogP contribution in [0.4, 0.5) is 0 Å². The zero-order chi connectivity index (χ0) is 10.5. The Labute approximate surface area is 89.8 Å². The minimum absolute atomic E-state index is 0.0442. The number of halogens is 2. The number of alkyl halides is 2. The molecule has 0 amide bonds. The molecule has 0 aromatic carbocycles. The van der Waals surface area contributed by atoms with Gasteiger partial charge in [-0.05, 0) is 13.3 Å². The zero-order valence-electron chi connectivity index (χ0n) is 7.81. The van der Waals surface area contributed by atoms with Crippen LogP contribution in [0.3, 0.4) is 0 Å². The molecule has 0 saturated carbocycles. The van der Waals surface area contributed by atoms with Crippen LogP contribution in [0.2, 0.25) is 0 Å². The van der Waals surface area contributed by atoms with Gasteiger partial charge in [0.05, 0.1) is 11.3 Å². The number of hydrogen-bond acceptors (Lipinski definition) is 2. The van der Waals surface area contributed by atoms with Crippen molar-refractivity contribution in [1.29, 1.82) is 0 Å². The lowest BCUT2D eigenvalue weighted by Gasteiger charge is -2.28. The van der Waals surface area contributed by atoms with Crippen molar-refractivity contribution >= 4 is 33.2 Å². The second kappa shape index (κ2) is 5.39. The minimum atomic E-state index is -3.23. The van der Waals surface area contributed by atoms with Crippen molar-refractivity contribution in [2.24, 2.45) is 0 Å². The average molecular weight is 248 g/mol. The number of sulfonamides is 1. The van der Waals surface area contributed by atoms with Crippen molar-refractivity contribution in [3.63, 3.8) is 0 Å². The molecule has 0 aliphatic heterocycles. The Kier molecular flexibility index (Phi) is 5.59. The van der Waals surface area contributed by atoms with Crippen LogP contribution in [-0.2, 0) is 10.0 Å². The van der Waals surface area contributed by atoms with Crippen molar-refractivity contribution in [1.82, 2.24) is 4.72 Å². The molecule has 0 aromatic rings. The largest absolute Gasteiger partial charge is 0.212 e. The highest BCUT2D eigenvalue weighted by atomic mass is 35.5. The Bertz CT molecular complexity index is 229. The van der Waals surface area contributed by atoms with Gasteiger partial charge in [0, 0.05) is 11.8 Å². The van der Waals surface area contributed by atoms with E-state index in [4.69, 9.17) is 23.2 Å². The van der Waals surface area contributed by atoms with Crippen molar-refractivity contribution in [2.45, 2.75) is 25.8 Å². The van der Waals surface area contributed by atoms with E-state index in [0.29, 0.717) is 6.42 Å². The third-order valence-electron chi connectivity index (χ3n) is 1.94. The maximum atomic E-state index is 11.3. The summed E-state index contributed by atoms with van der Waals surface area (Å²) in [6.45, 7) is 3.42. The first-order valence-corrected chi connectivity index (χ1v) is 6.81. The van der Waals surface area contributed by atoms with Crippen LogP contribution in [0.15, 0.2) is 0 Å². The van der Waals surface area contributed by atoms with E-state index in [1.807, 2.05) is 6.92 Å². The Balaban J connectivity index is 4.61. The average Bonchev–Trinajstić information content (AvgIpc) is 2.14. The SMILES string of the molecule is CCC(CCl)(CCl)NS(=O)(=O)CC. The Morgan fingerprint density at radius 1 is 1.23 bits per heavy atom. The maximum absolute atomic E-state index is 11.3. The van der Waals surface area contributed by atoms with Gasteiger partial charge in [0.15, 0.2) is 0 Å². The topological polar surface area (TPSA) is 46.2 Å². The minimum Gasteiger partial charge on any atom is -0.212 e. The van der Waals surface area contributed by atoms with E-state index in [1.165, 1.54) is 0 Å². The molecular weight excluding hydrogens is 233 g/mol. The molecule has 0 heterocycles. The van der Waals surface area contributed by atoms with Gasteiger partial charge in [-0.2, -0.15) is 0 Å². The Morgan fingerprint density at radius 2 is 1.69 bits per heavy atom. The summed E-state index contributed by atoms with van der Waals surface area (Å²) >= 11 is 11.4. The lowest BCUT2D eigenvalue weighted by atomic mass is 10.0. The van der Waals surface area contributed by atoms with Crippen LogP contribution in [-0.4, -0.2) is 31.5 Å². The van der Waals surface area contributed by atoms with E-state index < -0.39 is 15.6 Å². The summed E-state index contributed by atoms with van der Waals surface area (Å²) in [4.78, 5) is 0. The molecule has 0 bridgehead atoms. The quantitative estimate of drug-likeness (QED) is 0.725. The first-order valence-electron chi connectivity index (χ1n) is 4.09. The lowest BCUT2D eigenvalue weighted by molar-refractivity contribution is 0.450. The van der Waals surface area contributed by atoms with E-state index in [-0.39, 0.29) is 17.5 Å². The molecule has 0 aromatic heterocycles. The fourth-order valence-electron chi connectivity index (χ4n) is 0.753. The molecule has 0 radical (unpaired) electrons. The van der Waals surface area contributed by atoms with E-state index >= 15 is 0 Å². The summed E-state index contributed by atoms with van der Waals surface area (Å²) in [7, 11) is -3.23. The van der Waals surface area contributed by atoms with Gasteiger partial charge in [-0.25, -0.2) is 13.1 Å². The molecule has 0 unspecified atom stereocenters. The summed E-state index contributed by atoms with van der Waals surface area (Å²) in [5, 5.41) is 0. The van der Waals surface area contributed by atoms with Crippen molar-refractivity contribution in [3.05, 3.63) is 0 Å². The molecule has 80 valence electrons. The number of rotatable bonds is 6. The summed E-state index contributed by atoms with van der Waals surface area (Å²) in [6, 6.07) is 0. The third kappa shape index (κ3) is 4.02. The molecular formula is C7H15Cl2NO2S. The normalized spacial score (nSPS) is 13.2. The van der Waals surface area contributed by atoms with Gasteiger partial charge in [-0.1, -0.05) is 6.92 Å². The summed E-state index contributed by atoms with van der Waals surface area (Å²) < 4.78 is 25.0. The molecule has 0 rings (SSSR count). The van der Waals surface area contributed by atoms with Crippen molar-refractivity contribution < 1.29 is 8.42 Å². The molecule has 6 heteroatoms. The van der Waals surface area contributed by atoms with E-state index in [1.54, 1.807) is 6.92 Å². The summed E-state index contributed by atoms with van der Waals surface area (Å²) in [5.74, 6) is 0.418. The van der Waals surface area contributed by atoms with Crippen LogP contribution in [0.25, 0.3) is 0 Å². The van der Waals surface area contributed by atoms with Gasteiger partial charge >= 0.3 is 0 Å². The second-order valence-corrected chi connectivity index (χ2v) is 5.45. The second-order valence-electron chi connectivity index (χ2n) is 2.91. The van der Waals surface area contributed by atoms with Crippen LogP contribution in [0.1, 0.15) is 20.3 Å². The zero-order valence-corrected chi connectivity index (χ0v) is 10.1. The van der Waals surface area contributed by atoms with Gasteiger partial charge in [-0.15, -0.1) is 23.2 Å². The molecule has 0 atom stereocenters. The molecule has 0 saturated heterocycles. The number of hydrogen-bond donors (Lipinski definition) is 1. The Morgan fingerprint density at radius 3 is 1.92 bits per heavy atom. The van der Waals surface area contributed by atoms with Gasteiger partial charge in [0.25, 0.3) is 0 Å². The molecule has 0 aliphatic rings. The predicted octanol–water partition coefficient (Wildman–Crippen LogP) is 1.55. The highest BCUT2D eigenvalue weighted by molar-refractivity contribution is 7.89. The fraction of sp³-hybridized carbons (Fsp3) is 1.00. The highest BCUT2D eigenvalue weighted by Crippen LogP contribution is 2.16. The lowest BCUT2D eigenvalue weighted by Crippen LogP contribution is -2.51. The first kappa shape index (κ1) is 13.5. The van der Waals surface area contributed by atoms with Crippen LogP contribution >= 0.6 is 23.2 Å². The van der Waals surface area contributed by atoms with Gasteiger partial charge in [-0.3, -0.25) is 0 Å². The molecule has 0 fully saturated rings. The van der Waals surface area contributed by atoms with Gasteiger partial charge in [0.1, 0.15) is 0 Å². The van der Waals surface area contributed by atoms with E-state index in [9.17, 15) is 8.42 Å². The molecule has 13 heavy (non-hydrogen) atoms. The van der Waals surface area contributed by atoms with Crippen molar-refractivity contribution in [3.8, 4) is 0 Å². The molecule has 0 aliphatic carbocycles. The van der Waals surface area contributed by atoms with Crippen molar-refractivity contribution in [2.75, 3.05) is 17.5 Å². The standard InChI is InChI=1S/C7H15Cl2NO2S/c1-3-7(5-8,6-9)10-13(11,12)4-2/h10H,3-6H2,1-2H3. The number of nitrogens with one attached hydrogen (secondary N) is 1. The van der Waals surface area contributed by atoms with Crippen LogP contribution < -0.4 is 4.72 Å².